The molecule has 0 bridgehead atoms. The van der Waals surface area contributed by atoms with Crippen LogP contribution >= 0.6 is 11.8 Å². The Hall–Kier alpha value is -2.15. The lowest BCUT2D eigenvalue weighted by Crippen LogP contribution is -2.15. The molecule has 1 fully saturated rings. The Labute approximate surface area is 158 Å². The van der Waals surface area contributed by atoms with Crippen LogP contribution in [0.3, 0.4) is 0 Å². The number of aromatic nitrogens is 6. The maximum Gasteiger partial charge on any atom is 0.169 e. The number of aryl methyl sites for hydroxylation is 1. The summed E-state index contributed by atoms with van der Waals surface area (Å²) in [6.07, 6.45) is 6.50. The summed E-state index contributed by atoms with van der Waals surface area (Å²) in [5.41, 5.74) is 3.40. The fraction of sp³-hybridized carbons (Fsp3) is 0.474. The predicted molar refractivity (Wildman–Crippen MR) is 103 cm³/mol. The van der Waals surface area contributed by atoms with Gasteiger partial charge in [-0.25, -0.2) is 4.98 Å². The van der Waals surface area contributed by atoms with Crippen molar-refractivity contribution in [2.45, 2.75) is 62.9 Å². The van der Waals surface area contributed by atoms with E-state index in [0.29, 0.717) is 11.8 Å². The van der Waals surface area contributed by atoms with Crippen LogP contribution in [0.1, 0.15) is 55.4 Å². The molecule has 4 rings (SSSR count). The summed E-state index contributed by atoms with van der Waals surface area (Å²) >= 11 is 1.73. The number of imidazole rings is 1. The third kappa shape index (κ3) is 3.40. The van der Waals surface area contributed by atoms with Gasteiger partial charge in [0.1, 0.15) is 0 Å². The fourth-order valence-electron chi connectivity index (χ4n) is 3.66. The van der Waals surface area contributed by atoms with Gasteiger partial charge in [0.05, 0.1) is 17.1 Å². The summed E-state index contributed by atoms with van der Waals surface area (Å²) in [5.74, 6) is 1.54. The molecule has 0 radical (unpaired) electrons. The Morgan fingerprint density at radius 3 is 2.62 bits per heavy atom. The van der Waals surface area contributed by atoms with Crippen LogP contribution in [-0.2, 0) is 5.75 Å². The summed E-state index contributed by atoms with van der Waals surface area (Å²) in [6, 6.07) is 10.6. The van der Waals surface area contributed by atoms with Crippen molar-refractivity contribution in [3.05, 3.63) is 47.5 Å². The van der Waals surface area contributed by atoms with E-state index in [1.165, 1.54) is 37.8 Å². The number of thioether (sulfide) groups is 1. The normalized spacial score (nSPS) is 15.5. The van der Waals surface area contributed by atoms with Crippen LogP contribution in [0.4, 0.5) is 0 Å². The van der Waals surface area contributed by atoms with E-state index in [1.807, 2.05) is 30.3 Å². The maximum atomic E-state index is 4.84. The second-order valence-electron chi connectivity index (χ2n) is 6.86. The summed E-state index contributed by atoms with van der Waals surface area (Å²) in [7, 11) is 0. The highest BCUT2D eigenvalue weighted by molar-refractivity contribution is 7.98. The molecule has 26 heavy (non-hydrogen) atoms. The Bertz CT molecular complexity index is 864. The zero-order chi connectivity index (χ0) is 17.9. The smallest absolute Gasteiger partial charge is 0.169 e. The Balaban J connectivity index is 1.56. The minimum atomic E-state index is 0.581. The van der Waals surface area contributed by atoms with E-state index in [1.54, 1.807) is 16.4 Å². The van der Waals surface area contributed by atoms with Crippen molar-refractivity contribution < 1.29 is 0 Å². The van der Waals surface area contributed by atoms with Gasteiger partial charge in [0.15, 0.2) is 11.0 Å². The van der Waals surface area contributed by atoms with E-state index in [2.05, 4.69) is 33.9 Å². The predicted octanol–water partition coefficient (Wildman–Crippen LogP) is 4.27. The van der Waals surface area contributed by atoms with Gasteiger partial charge < -0.3 is 4.57 Å². The number of rotatable bonds is 5. The lowest BCUT2D eigenvalue weighted by Gasteiger charge is -2.26. The molecule has 2 aromatic heterocycles. The van der Waals surface area contributed by atoms with Gasteiger partial charge >= 0.3 is 0 Å². The molecule has 136 valence electrons. The highest BCUT2D eigenvalue weighted by Crippen LogP contribution is 2.35. The van der Waals surface area contributed by atoms with Crippen LogP contribution < -0.4 is 0 Å². The summed E-state index contributed by atoms with van der Waals surface area (Å²) < 4.78 is 4.26. The van der Waals surface area contributed by atoms with Crippen molar-refractivity contribution in [3.63, 3.8) is 0 Å². The molecule has 0 spiro atoms. The van der Waals surface area contributed by atoms with Crippen LogP contribution in [0.5, 0.6) is 0 Å². The first-order valence-electron chi connectivity index (χ1n) is 9.25. The van der Waals surface area contributed by atoms with Crippen molar-refractivity contribution in [1.82, 2.24) is 29.8 Å². The topological polar surface area (TPSA) is 61.4 Å². The zero-order valence-electron chi connectivity index (χ0n) is 15.3. The Kier molecular flexibility index (Phi) is 5.06. The average molecular weight is 369 g/mol. The van der Waals surface area contributed by atoms with E-state index >= 15 is 0 Å². The minimum absolute atomic E-state index is 0.581. The second kappa shape index (κ2) is 7.61. The monoisotopic (exact) mass is 368 g/mol. The minimum Gasteiger partial charge on any atom is -0.320 e. The fourth-order valence-corrected chi connectivity index (χ4v) is 4.73. The molecule has 0 amide bonds. The standard InChI is InChI=1S/C19H24N6S/c1-14-15(2)24(16-9-5-3-6-10-16)19(20-14)26-13-18-21-22-23-25(18)17-11-7-4-8-12-17/h4,7-8,11-12,16H,3,5-6,9-10,13H2,1-2H3. The average Bonchev–Trinajstić information content (AvgIpc) is 3.26. The van der Waals surface area contributed by atoms with Crippen LogP contribution in [0, 0.1) is 13.8 Å². The van der Waals surface area contributed by atoms with Crippen LogP contribution in [0.25, 0.3) is 5.69 Å². The highest BCUT2D eigenvalue weighted by atomic mass is 32.2. The number of hydrogen-bond donors (Lipinski definition) is 0. The van der Waals surface area contributed by atoms with Crippen molar-refractivity contribution in [1.29, 1.82) is 0 Å². The lowest BCUT2D eigenvalue weighted by atomic mass is 9.95. The number of hydrogen-bond acceptors (Lipinski definition) is 5. The number of benzene rings is 1. The summed E-state index contributed by atoms with van der Waals surface area (Å²) in [6.45, 7) is 4.29. The quantitative estimate of drug-likeness (QED) is 0.629. The van der Waals surface area contributed by atoms with Gasteiger partial charge in [-0.3, -0.25) is 0 Å². The molecule has 2 heterocycles. The number of nitrogens with zero attached hydrogens (tertiary/aromatic N) is 6. The number of para-hydroxylation sites is 1. The molecule has 0 unspecified atom stereocenters. The van der Waals surface area contributed by atoms with Crippen LogP contribution in [0.15, 0.2) is 35.5 Å². The van der Waals surface area contributed by atoms with Gasteiger partial charge in [0, 0.05) is 11.7 Å². The Morgan fingerprint density at radius 1 is 1.08 bits per heavy atom. The SMILES string of the molecule is Cc1nc(SCc2nnnn2-c2ccccc2)n(C2CCCCC2)c1C. The molecular weight excluding hydrogens is 344 g/mol. The molecule has 6 nitrogen and oxygen atoms in total. The van der Waals surface area contributed by atoms with Gasteiger partial charge in [0.2, 0.25) is 0 Å². The lowest BCUT2D eigenvalue weighted by molar-refractivity contribution is 0.332. The molecule has 0 aliphatic heterocycles. The van der Waals surface area contributed by atoms with E-state index < -0.39 is 0 Å². The highest BCUT2D eigenvalue weighted by Gasteiger charge is 2.22. The second-order valence-corrected chi connectivity index (χ2v) is 7.80. The molecule has 0 saturated heterocycles. The number of tetrazole rings is 1. The van der Waals surface area contributed by atoms with Crippen molar-refractivity contribution >= 4 is 11.8 Å². The van der Waals surface area contributed by atoms with E-state index in [-0.39, 0.29) is 0 Å². The van der Waals surface area contributed by atoms with Gasteiger partial charge in [-0.05, 0) is 49.2 Å². The van der Waals surface area contributed by atoms with E-state index in [4.69, 9.17) is 4.98 Å². The zero-order valence-corrected chi connectivity index (χ0v) is 16.1. The van der Waals surface area contributed by atoms with Crippen molar-refractivity contribution in [3.8, 4) is 5.69 Å². The molecule has 1 saturated carbocycles. The molecule has 7 heteroatoms. The Morgan fingerprint density at radius 2 is 1.85 bits per heavy atom. The first-order chi connectivity index (χ1) is 12.7. The van der Waals surface area contributed by atoms with Crippen molar-refractivity contribution in [2.75, 3.05) is 0 Å². The third-order valence-electron chi connectivity index (χ3n) is 5.16. The largest absolute Gasteiger partial charge is 0.320 e. The maximum absolute atomic E-state index is 4.84. The summed E-state index contributed by atoms with van der Waals surface area (Å²) in [5, 5.41) is 13.3. The van der Waals surface area contributed by atoms with Gasteiger partial charge in [-0.15, -0.1) is 5.10 Å². The third-order valence-corrected chi connectivity index (χ3v) is 6.11. The van der Waals surface area contributed by atoms with E-state index in [0.717, 1.165) is 22.4 Å². The van der Waals surface area contributed by atoms with Crippen molar-refractivity contribution in [2.24, 2.45) is 0 Å². The first-order valence-corrected chi connectivity index (χ1v) is 10.2. The molecule has 1 aromatic carbocycles. The first kappa shape index (κ1) is 17.3. The molecule has 0 atom stereocenters. The van der Waals surface area contributed by atoms with Crippen LogP contribution in [0.2, 0.25) is 0 Å². The van der Waals surface area contributed by atoms with Gasteiger partial charge in [-0.1, -0.05) is 49.2 Å². The molecule has 1 aliphatic carbocycles. The summed E-state index contributed by atoms with van der Waals surface area (Å²) in [4.78, 5) is 4.84. The van der Waals surface area contributed by atoms with E-state index in [9.17, 15) is 0 Å². The van der Waals surface area contributed by atoms with Gasteiger partial charge in [0.25, 0.3) is 0 Å². The van der Waals surface area contributed by atoms with Crippen LogP contribution in [-0.4, -0.2) is 29.8 Å². The molecular formula is C19H24N6S. The van der Waals surface area contributed by atoms with Gasteiger partial charge in [-0.2, -0.15) is 4.68 Å². The molecule has 0 N–H and O–H groups in total. The molecule has 3 aromatic rings. The molecule has 1 aliphatic rings.